The van der Waals surface area contributed by atoms with Gasteiger partial charge in [0.1, 0.15) is 0 Å². The van der Waals surface area contributed by atoms with Crippen molar-refractivity contribution in [3.63, 3.8) is 0 Å². The lowest BCUT2D eigenvalue weighted by atomic mass is 10.5. The first kappa shape index (κ1) is 25.6. The number of nitrogens with two attached hydrogens (primary N) is 1. The summed E-state index contributed by atoms with van der Waals surface area (Å²) in [5.41, 5.74) is 5.52. The molecule has 152 valence electrons. The largest absolute Gasteiger partial charge is 0.416 e. The van der Waals surface area contributed by atoms with E-state index in [4.69, 9.17) is 26.9 Å². The number of hydrogen-bond acceptors (Lipinski definition) is 7. The monoisotopic (exact) mass is 428 g/mol. The zero-order valence-corrected chi connectivity index (χ0v) is 21.7. The van der Waals surface area contributed by atoms with Crippen molar-refractivity contribution >= 4 is 34.2 Å². The highest BCUT2D eigenvalue weighted by atomic mass is 28.5. The lowest BCUT2D eigenvalue weighted by Crippen LogP contribution is -2.58. The minimum absolute atomic E-state index is 0.649. The van der Waals surface area contributed by atoms with Crippen molar-refractivity contribution in [1.82, 2.24) is 5.32 Å². The fraction of sp³-hybridized carbons (Fsp3) is 1.00. The zero-order valence-electron chi connectivity index (χ0n) is 17.7. The Labute approximate surface area is 158 Å². The average molecular weight is 429 g/mol. The molecule has 0 saturated carbocycles. The van der Waals surface area contributed by atoms with Gasteiger partial charge in [-0.05, 0) is 64.8 Å². The van der Waals surface area contributed by atoms with Crippen LogP contribution in [0, 0.1) is 0 Å². The summed E-state index contributed by atoms with van der Waals surface area (Å²) in [6, 6.07) is 0.888. The van der Waals surface area contributed by atoms with Gasteiger partial charge in [0.15, 0.2) is 0 Å². The second kappa shape index (κ2) is 10.8. The highest BCUT2D eigenvalue weighted by molar-refractivity contribution is 6.87. The second-order valence-corrected chi connectivity index (χ2v) is 22.1. The fourth-order valence-electron chi connectivity index (χ4n) is 2.62. The first-order chi connectivity index (χ1) is 11.3. The molecule has 0 aliphatic heterocycles. The van der Waals surface area contributed by atoms with E-state index in [0.717, 1.165) is 25.6 Å². The van der Waals surface area contributed by atoms with Gasteiger partial charge < -0.3 is 32.2 Å². The van der Waals surface area contributed by atoms with E-state index in [-0.39, 0.29) is 0 Å². The van der Waals surface area contributed by atoms with Crippen LogP contribution in [0.15, 0.2) is 0 Å². The van der Waals surface area contributed by atoms with Gasteiger partial charge in [-0.2, -0.15) is 0 Å². The molecule has 0 aliphatic rings. The summed E-state index contributed by atoms with van der Waals surface area (Å²) in [6.45, 7) is 16.8. The summed E-state index contributed by atoms with van der Waals surface area (Å²) in [5.74, 6) is 0. The maximum absolute atomic E-state index is 6.60. The summed E-state index contributed by atoms with van der Waals surface area (Å²) in [6.07, 6.45) is 0.979. The molecular weight excluding hydrogens is 389 g/mol. The van der Waals surface area contributed by atoms with Crippen molar-refractivity contribution in [2.45, 2.75) is 58.3 Å². The molecule has 0 saturated heterocycles. The van der Waals surface area contributed by atoms with Gasteiger partial charge in [0, 0.05) is 27.3 Å². The molecule has 3 N–H and O–H groups in total. The predicted octanol–water partition coefficient (Wildman–Crippen LogP) is 2.44. The maximum atomic E-state index is 6.60. The van der Waals surface area contributed by atoms with Gasteiger partial charge in [-0.15, -0.1) is 0 Å². The Morgan fingerprint density at radius 3 is 1.68 bits per heavy atom. The van der Waals surface area contributed by atoms with Crippen molar-refractivity contribution in [3.05, 3.63) is 0 Å². The van der Waals surface area contributed by atoms with Gasteiger partial charge in [-0.1, -0.05) is 0 Å². The van der Waals surface area contributed by atoms with Crippen LogP contribution in [0.5, 0.6) is 0 Å². The normalized spacial score (nSPS) is 16.1. The molecule has 11 heteroatoms. The molecular formula is C14H40N2O5Si4. The van der Waals surface area contributed by atoms with Crippen LogP contribution in [0.1, 0.15) is 6.42 Å². The van der Waals surface area contributed by atoms with Crippen molar-refractivity contribution in [3.8, 4) is 0 Å². The van der Waals surface area contributed by atoms with E-state index in [9.17, 15) is 0 Å². The van der Waals surface area contributed by atoms with E-state index < -0.39 is 34.2 Å². The Balaban J connectivity index is 5.03. The molecule has 0 aromatic rings. The van der Waals surface area contributed by atoms with Crippen LogP contribution in [0.4, 0.5) is 0 Å². The molecule has 7 nitrogen and oxygen atoms in total. The molecule has 0 fully saturated rings. The predicted molar refractivity (Wildman–Crippen MR) is 113 cm³/mol. The smallest absolute Gasteiger partial charge is 0.322 e. The van der Waals surface area contributed by atoms with E-state index in [0.29, 0.717) is 6.54 Å². The molecule has 0 spiro atoms. The summed E-state index contributed by atoms with van der Waals surface area (Å²) in [7, 11) is -5.80. The quantitative estimate of drug-likeness (QED) is 0.325. The topological polar surface area (TPSA) is 84.2 Å². The summed E-state index contributed by atoms with van der Waals surface area (Å²) >= 11 is 0. The van der Waals surface area contributed by atoms with Gasteiger partial charge in [0.2, 0.25) is 0 Å². The highest BCUT2D eigenvalue weighted by Gasteiger charge is 2.46. The third-order valence-corrected chi connectivity index (χ3v) is 18.3. The summed E-state index contributed by atoms with van der Waals surface area (Å²) in [4.78, 5) is 0. The minimum Gasteiger partial charge on any atom is -0.416 e. The molecule has 0 amide bonds. The molecule has 1 atom stereocenters. The zero-order chi connectivity index (χ0) is 19.8. The molecule has 0 bridgehead atoms. The van der Waals surface area contributed by atoms with E-state index in [1.54, 1.807) is 14.2 Å². The molecule has 0 aromatic heterocycles. The molecule has 0 aliphatic carbocycles. The highest BCUT2D eigenvalue weighted by Crippen LogP contribution is 2.27. The van der Waals surface area contributed by atoms with Crippen LogP contribution in [0.25, 0.3) is 0 Å². The van der Waals surface area contributed by atoms with Crippen molar-refractivity contribution in [2.75, 3.05) is 33.9 Å². The Morgan fingerprint density at radius 2 is 1.20 bits per heavy atom. The number of nitrogens with one attached hydrogen (secondary N) is 1. The SMILES string of the molecule is CO[Si](C)(C)O[Si](C)(C)O[Si](C)(CCCNCCN)O[Si](C)(C)OC. The number of rotatable bonds is 14. The first-order valence-electron chi connectivity index (χ1n) is 8.92. The Bertz CT molecular complexity index is 388. The fourth-order valence-corrected chi connectivity index (χ4v) is 19.1. The van der Waals surface area contributed by atoms with Crippen LogP contribution in [-0.4, -0.2) is 68.1 Å². The Hall–Kier alpha value is 0.588. The molecule has 0 aromatic carbocycles. The lowest BCUT2D eigenvalue weighted by molar-refractivity contribution is 0.242. The van der Waals surface area contributed by atoms with Gasteiger partial charge in [0.25, 0.3) is 0 Å². The third-order valence-electron chi connectivity index (χ3n) is 3.70. The average Bonchev–Trinajstić information content (AvgIpc) is 2.44. The third kappa shape index (κ3) is 11.8. The molecule has 0 radical (unpaired) electrons. The molecule has 25 heavy (non-hydrogen) atoms. The van der Waals surface area contributed by atoms with Crippen LogP contribution in [0.3, 0.4) is 0 Å². The van der Waals surface area contributed by atoms with E-state index >= 15 is 0 Å². The van der Waals surface area contributed by atoms with E-state index in [1.165, 1.54) is 0 Å². The maximum Gasteiger partial charge on any atom is 0.322 e. The minimum atomic E-state index is -2.45. The lowest BCUT2D eigenvalue weighted by Gasteiger charge is -2.41. The standard InChI is InChI=1S/C14H40N2O5Si4/c1-17-22(3,4)19-24(7,8)21-25(9,20-23(5,6)18-2)14-10-12-16-13-11-15/h16H,10-15H2,1-9H3. The van der Waals surface area contributed by atoms with Gasteiger partial charge >= 0.3 is 34.2 Å². The van der Waals surface area contributed by atoms with Crippen molar-refractivity contribution in [1.29, 1.82) is 0 Å². The van der Waals surface area contributed by atoms with Crippen LogP contribution in [-0.2, 0) is 21.2 Å². The van der Waals surface area contributed by atoms with Crippen LogP contribution < -0.4 is 11.1 Å². The number of hydrogen-bond donors (Lipinski definition) is 2. The van der Waals surface area contributed by atoms with Gasteiger partial charge in [0.05, 0.1) is 0 Å². The summed E-state index contributed by atoms with van der Waals surface area (Å²) < 4.78 is 30.5. The van der Waals surface area contributed by atoms with Crippen LogP contribution in [0.2, 0.25) is 51.9 Å². The molecule has 1 unspecified atom stereocenters. The Morgan fingerprint density at radius 1 is 0.720 bits per heavy atom. The van der Waals surface area contributed by atoms with E-state index in [2.05, 4.69) is 38.1 Å². The summed E-state index contributed by atoms with van der Waals surface area (Å²) in [5, 5.41) is 3.33. The van der Waals surface area contributed by atoms with E-state index in [1.807, 2.05) is 13.1 Å². The van der Waals surface area contributed by atoms with Crippen molar-refractivity contribution < 1.29 is 21.2 Å². The van der Waals surface area contributed by atoms with Crippen molar-refractivity contribution in [2.24, 2.45) is 5.73 Å². The van der Waals surface area contributed by atoms with Crippen LogP contribution >= 0.6 is 0 Å². The molecule has 0 heterocycles. The first-order valence-corrected chi connectivity index (χ1v) is 19.9. The van der Waals surface area contributed by atoms with Gasteiger partial charge in [-0.25, -0.2) is 0 Å². The van der Waals surface area contributed by atoms with Gasteiger partial charge in [-0.3, -0.25) is 0 Å². The molecule has 0 rings (SSSR count). The Kier molecular flexibility index (Phi) is 11.1. The second-order valence-electron chi connectivity index (χ2n) is 7.69.